The van der Waals surface area contributed by atoms with E-state index in [4.69, 9.17) is 0 Å². The number of rotatable bonds is 7. The summed E-state index contributed by atoms with van der Waals surface area (Å²) in [6, 6.07) is 0. The highest BCUT2D eigenvalue weighted by Crippen LogP contribution is 2.48. The van der Waals surface area contributed by atoms with Gasteiger partial charge in [-0.1, -0.05) is 27.3 Å². The van der Waals surface area contributed by atoms with Gasteiger partial charge < -0.3 is 5.32 Å². The molecule has 0 unspecified atom stereocenters. The summed E-state index contributed by atoms with van der Waals surface area (Å²) in [7, 11) is -3.66. The molecule has 1 aliphatic rings. The molecule has 0 radical (unpaired) electrons. The second kappa shape index (κ2) is 6.04. The fourth-order valence-electron chi connectivity index (χ4n) is 1.72. The van der Waals surface area contributed by atoms with Gasteiger partial charge in [0.15, 0.2) is 0 Å². The highest BCUT2D eigenvalue weighted by atomic mass is 79.9. The molecule has 1 fully saturated rings. The average Bonchev–Trinajstić information content (AvgIpc) is 2.96. The minimum atomic E-state index is -3.66. The lowest BCUT2D eigenvalue weighted by Crippen LogP contribution is -2.30. The van der Waals surface area contributed by atoms with Gasteiger partial charge in [0.1, 0.15) is 0 Å². The second-order valence-corrected chi connectivity index (χ2v) is 8.53. The number of halogens is 1. The molecule has 0 atom stereocenters. The molecule has 2 rings (SSSR count). The first-order valence-corrected chi connectivity index (χ1v) is 9.46. The number of hydrogen-bond donors (Lipinski definition) is 2. The Morgan fingerprint density at radius 1 is 1.45 bits per heavy atom. The topological polar surface area (TPSA) is 101 Å². The summed E-state index contributed by atoms with van der Waals surface area (Å²) in [5.74, 6) is -0.313. The van der Waals surface area contributed by atoms with Crippen LogP contribution in [0.25, 0.3) is 0 Å². The number of nitrogens with zero attached hydrogens (tertiary/aromatic N) is 2. The Morgan fingerprint density at radius 3 is 2.70 bits per heavy atom. The molecule has 7 nitrogen and oxygen atoms in total. The van der Waals surface area contributed by atoms with Gasteiger partial charge in [0.2, 0.25) is 15.4 Å². The molecular weight excluding hydrogens is 368 g/mol. The van der Waals surface area contributed by atoms with Gasteiger partial charge >= 0.3 is 0 Å². The molecule has 10 heteroatoms. The van der Waals surface area contributed by atoms with Crippen LogP contribution in [0.15, 0.2) is 4.34 Å². The number of aromatic nitrogens is 2. The second-order valence-electron chi connectivity index (χ2n) is 4.82. The Morgan fingerprint density at radius 2 is 2.15 bits per heavy atom. The molecule has 1 amide bonds. The minimum absolute atomic E-state index is 0.0850. The van der Waals surface area contributed by atoms with Crippen molar-refractivity contribution in [3.63, 3.8) is 0 Å². The molecule has 1 heterocycles. The molecule has 0 bridgehead atoms. The van der Waals surface area contributed by atoms with Gasteiger partial charge in [-0.15, -0.1) is 10.2 Å². The van der Waals surface area contributed by atoms with Crippen molar-refractivity contribution < 1.29 is 13.2 Å². The number of hydrogen-bond acceptors (Lipinski definition) is 6. The molecule has 0 spiro atoms. The smallest absolute Gasteiger partial charge is 0.269 e. The van der Waals surface area contributed by atoms with E-state index in [0.29, 0.717) is 6.54 Å². The summed E-state index contributed by atoms with van der Waals surface area (Å²) >= 11 is 4.22. The van der Waals surface area contributed by atoms with Crippen molar-refractivity contribution in [1.82, 2.24) is 14.9 Å². The zero-order valence-corrected chi connectivity index (χ0v) is 14.1. The van der Waals surface area contributed by atoms with Crippen LogP contribution in [0.4, 0.5) is 5.13 Å². The number of amides is 1. The third kappa shape index (κ3) is 3.96. The number of carbonyl (C=O) groups excluding carboxylic acids is 1. The summed E-state index contributed by atoms with van der Waals surface area (Å²) in [6.45, 7) is 1.74. The fraction of sp³-hybridized carbons (Fsp3) is 0.700. The average molecular weight is 383 g/mol. The predicted octanol–water partition coefficient (Wildman–Crippen LogP) is 1.34. The summed E-state index contributed by atoms with van der Waals surface area (Å²) in [5, 5.41) is 10.7. The lowest BCUT2D eigenvalue weighted by atomic mass is 10.1. The van der Waals surface area contributed by atoms with Crippen LogP contribution in [-0.4, -0.2) is 36.4 Å². The number of carbonyl (C=O) groups is 1. The van der Waals surface area contributed by atoms with E-state index in [0.717, 1.165) is 35.9 Å². The van der Waals surface area contributed by atoms with Crippen molar-refractivity contribution in [2.45, 2.75) is 30.5 Å². The highest BCUT2D eigenvalue weighted by Gasteiger charge is 2.42. The molecule has 1 aromatic rings. The third-order valence-electron chi connectivity index (χ3n) is 3.14. The Hall–Kier alpha value is -0.580. The maximum Gasteiger partial charge on any atom is 0.269 e. The van der Waals surface area contributed by atoms with E-state index in [1.807, 2.05) is 0 Å². The van der Waals surface area contributed by atoms with E-state index < -0.39 is 10.0 Å². The van der Waals surface area contributed by atoms with Crippen LogP contribution >= 0.6 is 27.3 Å². The maximum absolute atomic E-state index is 12.1. The Balaban J connectivity index is 1.99. The van der Waals surface area contributed by atoms with Gasteiger partial charge in [-0.05, 0) is 24.7 Å². The van der Waals surface area contributed by atoms with Crippen molar-refractivity contribution in [2.24, 2.45) is 5.41 Å². The first kappa shape index (κ1) is 15.8. The summed E-state index contributed by atoms with van der Waals surface area (Å²) in [4.78, 5) is 10.9. The summed E-state index contributed by atoms with van der Waals surface area (Å²) < 4.78 is 26.6. The molecule has 1 saturated carbocycles. The monoisotopic (exact) mass is 382 g/mol. The molecule has 0 saturated heterocycles. The third-order valence-corrected chi connectivity index (χ3v) is 6.14. The molecule has 0 aliphatic heterocycles. The van der Waals surface area contributed by atoms with Gasteiger partial charge in [-0.25, -0.2) is 13.1 Å². The highest BCUT2D eigenvalue weighted by molar-refractivity contribution is 9.09. The fourth-order valence-corrected chi connectivity index (χ4v) is 4.71. The van der Waals surface area contributed by atoms with Crippen molar-refractivity contribution in [1.29, 1.82) is 0 Å². The Bertz CT molecular complexity index is 597. The first-order valence-electron chi connectivity index (χ1n) is 6.04. The summed E-state index contributed by atoms with van der Waals surface area (Å²) in [5.41, 5.74) is 0.0850. The zero-order valence-electron chi connectivity index (χ0n) is 10.8. The van der Waals surface area contributed by atoms with E-state index in [2.05, 4.69) is 36.2 Å². The van der Waals surface area contributed by atoms with Crippen molar-refractivity contribution in [3.8, 4) is 0 Å². The number of sulfonamides is 1. The molecular formula is C10H15BrN4O3S2. The zero-order chi connectivity index (χ0) is 14.8. The molecule has 2 N–H and O–H groups in total. The van der Waals surface area contributed by atoms with E-state index in [9.17, 15) is 13.2 Å². The van der Waals surface area contributed by atoms with Crippen LogP contribution < -0.4 is 10.0 Å². The van der Waals surface area contributed by atoms with Crippen molar-refractivity contribution >= 4 is 48.3 Å². The molecule has 1 aliphatic carbocycles. The standard InChI is InChI=1S/C10H15BrN4O3S2/c1-7(16)13-8-14-15-9(19-8)20(17,18)12-6-10(2-3-10)4-5-11/h12H,2-6H2,1H3,(H,13,14,16). The largest absolute Gasteiger partial charge is 0.301 e. The van der Waals surface area contributed by atoms with E-state index >= 15 is 0 Å². The first-order chi connectivity index (χ1) is 9.37. The molecule has 0 aromatic carbocycles. The van der Waals surface area contributed by atoms with Gasteiger partial charge in [0.05, 0.1) is 0 Å². The van der Waals surface area contributed by atoms with E-state index in [1.165, 1.54) is 6.92 Å². The lowest BCUT2D eigenvalue weighted by molar-refractivity contribution is -0.114. The molecule has 1 aromatic heterocycles. The van der Waals surface area contributed by atoms with E-state index in [1.54, 1.807) is 0 Å². The summed E-state index contributed by atoms with van der Waals surface area (Å²) in [6.07, 6.45) is 3.02. The van der Waals surface area contributed by atoms with Crippen molar-refractivity contribution in [2.75, 3.05) is 17.2 Å². The Labute approximate surface area is 129 Å². The van der Waals surface area contributed by atoms with E-state index in [-0.39, 0.29) is 20.8 Å². The van der Waals surface area contributed by atoms with Crippen LogP contribution in [0.2, 0.25) is 0 Å². The Kier molecular flexibility index (Phi) is 4.77. The van der Waals surface area contributed by atoms with Crippen LogP contribution in [0.3, 0.4) is 0 Å². The number of nitrogens with one attached hydrogen (secondary N) is 2. The van der Waals surface area contributed by atoms with Gasteiger partial charge in [-0.2, -0.15) is 0 Å². The predicted molar refractivity (Wildman–Crippen MR) is 79.5 cm³/mol. The normalized spacial score (nSPS) is 16.9. The van der Waals surface area contributed by atoms with Crippen LogP contribution in [0.5, 0.6) is 0 Å². The quantitative estimate of drug-likeness (QED) is 0.547. The minimum Gasteiger partial charge on any atom is -0.301 e. The number of alkyl halides is 1. The van der Waals surface area contributed by atoms with Gasteiger partial charge in [0.25, 0.3) is 10.0 Å². The van der Waals surface area contributed by atoms with Gasteiger partial charge in [-0.3, -0.25) is 4.79 Å². The SMILES string of the molecule is CC(=O)Nc1nnc(S(=O)(=O)NCC2(CCBr)CC2)s1. The maximum atomic E-state index is 12.1. The molecule has 112 valence electrons. The van der Waals surface area contributed by atoms with Crippen LogP contribution in [0.1, 0.15) is 26.2 Å². The number of anilines is 1. The van der Waals surface area contributed by atoms with Gasteiger partial charge in [0, 0.05) is 18.8 Å². The lowest BCUT2D eigenvalue weighted by Gasteiger charge is -2.13. The van der Waals surface area contributed by atoms with Crippen LogP contribution in [0, 0.1) is 5.41 Å². The van der Waals surface area contributed by atoms with Crippen LogP contribution in [-0.2, 0) is 14.8 Å². The molecule has 20 heavy (non-hydrogen) atoms. The van der Waals surface area contributed by atoms with Crippen molar-refractivity contribution in [3.05, 3.63) is 0 Å².